The van der Waals surface area contributed by atoms with E-state index >= 15 is 0 Å². The van der Waals surface area contributed by atoms with Gasteiger partial charge in [0.1, 0.15) is 0 Å². The largest absolute Gasteiger partial charge is 0.398 e. The highest BCUT2D eigenvalue weighted by Gasteiger charge is 2.18. The number of aryl methyl sites for hydroxylation is 1. The highest BCUT2D eigenvalue weighted by molar-refractivity contribution is 7.89. The summed E-state index contributed by atoms with van der Waals surface area (Å²) in [6, 6.07) is 4.77. The Morgan fingerprint density at radius 1 is 1.38 bits per heavy atom. The van der Waals surface area contributed by atoms with E-state index in [2.05, 4.69) is 4.72 Å². The van der Waals surface area contributed by atoms with Crippen LogP contribution >= 0.6 is 11.3 Å². The van der Waals surface area contributed by atoms with Gasteiger partial charge in [0.25, 0.3) is 0 Å². The van der Waals surface area contributed by atoms with Crippen LogP contribution in [0.3, 0.4) is 0 Å². The number of hydrogen-bond donors (Lipinski definition) is 3. The summed E-state index contributed by atoms with van der Waals surface area (Å²) in [5.41, 5.74) is 8.63. The average Bonchev–Trinajstić information content (AvgIpc) is 2.95. The summed E-state index contributed by atoms with van der Waals surface area (Å²) in [6.45, 7) is 3.58. The van der Waals surface area contributed by atoms with Gasteiger partial charge in [-0.25, -0.2) is 13.1 Å². The highest BCUT2D eigenvalue weighted by atomic mass is 32.2. The van der Waals surface area contributed by atoms with Crippen LogP contribution in [0.5, 0.6) is 0 Å². The van der Waals surface area contributed by atoms with E-state index in [-0.39, 0.29) is 11.4 Å². The first-order valence-corrected chi connectivity index (χ1v) is 8.80. The first-order valence-electron chi connectivity index (χ1n) is 6.38. The van der Waals surface area contributed by atoms with Crippen molar-refractivity contribution in [3.8, 4) is 0 Å². The molecule has 1 atom stereocenters. The van der Waals surface area contributed by atoms with Crippen molar-refractivity contribution in [2.24, 2.45) is 0 Å². The first-order chi connectivity index (χ1) is 9.81. The van der Waals surface area contributed by atoms with Crippen molar-refractivity contribution in [3.05, 3.63) is 45.6 Å². The van der Waals surface area contributed by atoms with Crippen LogP contribution in [0.2, 0.25) is 0 Å². The molecule has 1 aromatic heterocycles. The van der Waals surface area contributed by atoms with Gasteiger partial charge in [-0.2, -0.15) is 11.3 Å². The molecule has 0 fully saturated rings. The molecule has 0 amide bonds. The number of sulfonamides is 1. The number of thiophene rings is 1. The van der Waals surface area contributed by atoms with Crippen LogP contribution in [0.1, 0.15) is 22.8 Å². The Bertz CT molecular complexity index is 702. The van der Waals surface area contributed by atoms with E-state index in [0.29, 0.717) is 11.3 Å². The molecule has 0 saturated carbocycles. The van der Waals surface area contributed by atoms with Crippen molar-refractivity contribution in [1.29, 1.82) is 0 Å². The lowest BCUT2D eigenvalue weighted by atomic mass is 10.1. The smallest absolute Gasteiger partial charge is 0.240 e. The molecule has 0 aliphatic rings. The number of nitrogens with one attached hydrogen (secondary N) is 1. The molecular formula is C14H18N2O3S2. The summed E-state index contributed by atoms with van der Waals surface area (Å²) in [7, 11) is -3.69. The second-order valence-corrected chi connectivity index (χ2v) is 7.43. The van der Waals surface area contributed by atoms with Gasteiger partial charge >= 0.3 is 0 Å². The van der Waals surface area contributed by atoms with Gasteiger partial charge < -0.3 is 10.8 Å². The maximum Gasteiger partial charge on any atom is 0.240 e. The topological polar surface area (TPSA) is 92.4 Å². The molecule has 1 unspecified atom stereocenters. The summed E-state index contributed by atoms with van der Waals surface area (Å²) < 4.78 is 26.9. The normalized spacial score (nSPS) is 13.3. The molecule has 4 N–H and O–H groups in total. The lowest BCUT2D eigenvalue weighted by Gasteiger charge is -2.13. The number of nitrogen functional groups attached to an aromatic ring is 1. The third-order valence-corrected chi connectivity index (χ3v) is 5.49. The number of anilines is 1. The number of rotatable bonds is 5. The van der Waals surface area contributed by atoms with Crippen molar-refractivity contribution in [2.75, 3.05) is 12.3 Å². The third kappa shape index (κ3) is 3.62. The molecule has 7 heteroatoms. The number of hydrogen-bond acceptors (Lipinski definition) is 5. The summed E-state index contributed by atoms with van der Waals surface area (Å²) in [5.74, 6) is 0. The van der Waals surface area contributed by atoms with Gasteiger partial charge in [-0.1, -0.05) is 0 Å². The quantitative estimate of drug-likeness (QED) is 0.732. The third-order valence-electron chi connectivity index (χ3n) is 3.39. The first kappa shape index (κ1) is 16.0. The number of nitrogens with two attached hydrogens (primary N) is 1. The molecule has 114 valence electrons. The molecule has 1 heterocycles. The minimum absolute atomic E-state index is 0.0775. The molecule has 2 rings (SSSR count). The summed E-state index contributed by atoms with van der Waals surface area (Å²) in [4.78, 5) is 0.112. The fraction of sp³-hybridized carbons (Fsp3) is 0.286. The fourth-order valence-corrected chi connectivity index (χ4v) is 3.73. The van der Waals surface area contributed by atoms with Gasteiger partial charge in [0.2, 0.25) is 10.0 Å². The maximum absolute atomic E-state index is 12.2. The number of aliphatic hydroxyl groups excluding tert-OH is 1. The molecule has 0 aliphatic heterocycles. The molecule has 0 bridgehead atoms. The van der Waals surface area contributed by atoms with Crippen LogP contribution < -0.4 is 10.5 Å². The summed E-state index contributed by atoms with van der Waals surface area (Å²) in [6.07, 6.45) is -0.866. The van der Waals surface area contributed by atoms with E-state index in [4.69, 9.17) is 5.73 Å². The van der Waals surface area contributed by atoms with Crippen LogP contribution in [-0.4, -0.2) is 20.1 Å². The summed E-state index contributed by atoms with van der Waals surface area (Å²) in [5, 5.41) is 13.5. The van der Waals surface area contributed by atoms with Crippen molar-refractivity contribution in [2.45, 2.75) is 24.8 Å². The molecule has 0 aliphatic carbocycles. The van der Waals surface area contributed by atoms with Gasteiger partial charge in [-0.05, 0) is 59.5 Å². The minimum atomic E-state index is -3.69. The van der Waals surface area contributed by atoms with Crippen molar-refractivity contribution in [3.63, 3.8) is 0 Å². The number of aliphatic hydroxyl groups is 1. The van der Waals surface area contributed by atoms with Crippen LogP contribution in [0.4, 0.5) is 5.69 Å². The maximum atomic E-state index is 12.2. The van der Waals surface area contributed by atoms with Gasteiger partial charge in [0.15, 0.2) is 0 Å². The molecule has 0 spiro atoms. The molecule has 1 aromatic carbocycles. The average molecular weight is 326 g/mol. The Labute approximate surface area is 128 Å². The van der Waals surface area contributed by atoms with E-state index in [1.54, 1.807) is 17.5 Å². The SMILES string of the molecule is Cc1cc(S(=O)(=O)NCC(O)c2ccsc2)cc(N)c1C. The van der Waals surface area contributed by atoms with Gasteiger partial charge in [-0.15, -0.1) is 0 Å². The Balaban J connectivity index is 2.15. The Hall–Kier alpha value is -1.41. The van der Waals surface area contributed by atoms with E-state index in [9.17, 15) is 13.5 Å². The molecular weight excluding hydrogens is 308 g/mol. The van der Waals surface area contributed by atoms with E-state index in [0.717, 1.165) is 11.1 Å². The van der Waals surface area contributed by atoms with Gasteiger partial charge in [0.05, 0.1) is 11.0 Å². The van der Waals surface area contributed by atoms with Crippen molar-refractivity contribution >= 4 is 27.0 Å². The second-order valence-electron chi connectivity index (χ2n) is 4.88. The van der Waals surface area contributed by atoms with Crippen LogP contribution in [0, 0.1) is 13.8 Å². The number of benzene rings is 1. The van der Waals surface area contributed by atoms with E-state index in [1.165, 1.54) is 17.4 Å². The lowest BCUT2D eigenvalue weighted by molar-refractivity contribution is 0.182. The van der Waals surface area contributed by atoms with Crippen LogP contribution in [0.25, 0.3) is 0 Å². The molecule has 5 nitrogen and oxygen atoms in total. The van der Waals surface area contributed by atoms with Crippen molar-refractivity contribution in [1.82, 2.24) is 4.72 Å². The predicted molar refractivity (Wildman–Crippen MR) is 84.8 cm³/mol. The Morgan fingerprint density at radius 3 is 2.67 bits per heavy atom. The summed E-state index contributed by atoms with van der Waals surface area (Å²) >= 11 is 1.45. The monoisotopic (exact) mass is 326 g/mol. The fourth-order valence-electron chi connectivity index (χ4n) is 1.86. The highest BCUT2D eigenvalue weighted by Crippen LogP contribution is 2.22. The van der Waals surface area contributed by atoms with Crippen molar-refractivity contribution < 1.29 is 13.5 Å². The zero-order chi connectivity index (χ0) is 15.6. The molecule has 0 radical (unpaired) electrons. The lowest BCUT2D eigenvalue weighted by Crippen LogP contribution is -2.28. The second kappa shape index (κ2) is 6.15. The predicted octanol–water partition coefficient (Wildman–Crippen LogP) is 1.96. The zero-order valence-corrected chi connectivity index (χ0v) is 13.5. The van der Waals surface area contributed by atoms with Crippen LogP contribution in [0.15, 0.2) is 33.9 Å². The molecule has 2 aromatic rings. The van der Waals surface area contributed by atoms with Gasteiger partial charge in [0, 0.05) is 12.2 Å². The standard InChI is InChI=1S/C14H18N2O3S2/c1-9-5-12(6-13(15)10(9)2)21(18,19)16-7-14(17)11-3-4-20-8-11/h3-6,8,14,16-17H,7,15H2,1-2H3. The Kier molecular flexibility index (Phi) is 4.67. The van der Waals surface area contributed by atoms with Gasteiger partial charge in [-0.3, -0.25) is 0 Å². The minimum Gasteiger partial charge on any atom is -0.398 e. The van der Waals surface area contributed by atoms with E-state index in [1.807, 2.05) is 19.2 Å². The molecule has 21 heavy (non-hydrogen) atoms. The van der Waals surface area contributed by atoms with E-state index < -0.39 is 16.1 Å². The molecule has 0 saturated heterocycles. The van der Waals surface area contributed by atoms with Crippen LogP contribution in [-0.2, 0) is 10.0 Å². The zero-order valence-electron chi connectivity index (χ0n) is 11.8. The Morgan fingerprint density at radius 2 is 2.10 bits per heavy atom.